The molecule has 11 heteroatoms. The van der Waals surface area contributed by atoms with Crippen LogP contribution < -0.4 is 20.0 Å². The van der Waals surface area contributed by atoms with E-state index >= 15 is 0 Å². The second-order valence-electron chi connectivity index (χ2n) is 10.6. The molecule has 0 saturated carbocycles. The van der Waals surface area contributed by atoms with E-state index in [4.69, 9.17) is 0 Å². The molecule has 8 nitrogen and oxygen atoms in total. The van der Waals surface area contributed by atoms with Gasteiger partial charge < -0.3 is 10.2 Å². The molecule has 1 N–H and O–H groups in total. The fraction of sp³-hybridized carbons (Fsp3) is 0.226. The first kappa shape index (κ1) is 27.9. The number of aromatic nitrogens is 1. The Labute approximate surface area is 249 Å². The summed E-state index contributed by atoms with van der Waals surface area (Å²) in [6.45, 7) is 1.65. The molecule has 3 heterocycles. The number of nitrogens with zero attached hydrogens (tertiary/aromatic N) is 3. The standard InChI is InChI=1S/C31H27FN4O4S2/c1-17-4-12-22(13-5-17)36-28(38)25-24(18-6-14-21(15-7-18)34(2)3)27-30(41-26(25)29(36)39)35(31(40)42-27)16-23(37)33-20-10-8-19(32)9-11-20/h4-15,24-26H,16H2,1-3H3,(H,33,37)/t24-,25?,26?/m1/s1. The van der Waals surface area contributed by atoms with E-state index in [1.54, 1.807) is 12.1 Å². The van der Waals surface area contributed by atoms with Crippen molar-refractivity contribution in [3.8, 4) is 0 Å². The predicted molar refractivity (Wildman–Crippen MR) is 163 cm³/mol. The summed E-state index contributed by atoms with van der Waals surface area (Å²) in [5.74, 6) is -2.82. The van der Waals surface area contributed by atoms with Gasteiger partial charge in [-0.15, -0.1) is 0 Å². The number of hydrogen-bond donors (Lipinski definition) is 1. The van der Waals surface area contributed by atoms with Crippen LogP contribution in [-0.2, 0) is 20.9 Å². The van der Waals surface area contributed by atoms with Crippen LogP contribution in [0.5, 0.6) is 0 Å². The SMILES string of the molecule is Cc1ccc(N2C(=O)C3Sc4c(sc(=O)n4CC(=O)Nc4ccc(F)cc4)[C@H](c4ccc(N(C)C)cc4)C3C2=O)cc1. The first-order valence-corrected chi connectivity index (χ1v) is 15.0. The topological polar surface area (TPSA) is 91.7 Å². The average molecular weight is 603 g/mol. The Hall–Kier alpha value is -4.22. The number of thioether (sulfide) groups is 1. The molecular weight excluding hydrogens is 575 g/mol. The minimum absolute atomic E-state index is 0.289. The zero-order valence-electron chi connectivity index (χ0n) is 23.0. The molecule has 2 aliphatic rings. The number of halogens is 1. The number of hydrogen-bond acceptors (Lipinski definition) is 7. The van der Waals surface area contributed by atoms with Crippen LogP contribution in [0.3, 0.4) is 0 Å². The van der Waals surface area contributed by atoms with Crippen LogP contribution in [0.15, 0.2) is 82.6 Å². The van der Waals surface area contributed by atoms with Gasteiger partial charge in [-0.3, -0.25) is 23.7 Å². The van der Waals surface area contributed by atoms with Crippen molar-refractivity contribution in [3.05, 3.63) is 104 Å². The summed E-state index contributed by atoms with van der Waals surface area (Å²) in [6.07, 6.45) is 0. The Morgan fingerprint density at radius 1 is 0.929 bits per heavy atom. The lowest BCUT2D eigenvalue weighted by atomic mass is 9.83. The second kappa shape index (κ2) is 10.9. The molecule has 42 heavy (non-hydrogen) atoms. The Morgan fingerprint density at radius 2 is 1.60 bits per heavy atom. The third-order valence-electron chi connectivity index (χ3n) is 7.54. The fourth-order valence-corrected chi connectivity index (χ4v) is 8.19. The van der Waals surface area contributed by atoms with Gasteiger partial charge >= 0.3 is 4.87 Å². The van der Waals surface area contributed by atoms with Crippen LogP contribution in [-0.4, -0.2) is 41.6 Å². The number of imide groups is 1. The molecule has 1 fully saturated rings. The summed E-state index contributed by atoms with van der Waals surface area (Å²) in [4.78, 5) is 57.7. The third kappa shape index (κ3) is 4.92. The number of amides is 3. The lowest BCUT2D eigenvalue weighted by molar-refractivity contribution is -0.122. The number of anilines is 3. The van der Waals surface area contributed by atoms with E-state index in [2.05, 4.69) is 5.32 Å². The van der Waals surface area contributed by atoms with E-state index in [-0.39, 0.29) is 23.2 Å². The van der Waals surface area contributed by atoms with Gasteiger partial charge in [0.25, 0.3) is 0 Å². The van der Waals surface area contributed by atoms with Crippen LogP contribution in [0.1, 0.15) is 21.9 Å². The van der Waals surface area contributed by atoms with Crippen molar-refractivity contribution < 1.29 is 18.8 Å². The van der Waals surface area contributed by atoms with Gasteiger partial charge in [0, 0.05) is 36.3 Å². The molecule has 0 spiro atoms. The summed E-state index contributed by atoms with van der Waals surface area (Å²) < 4.78 is 14.7. The number of thiazole rings is 1. The Kier molecular flexibility index (Phi) is 7.24. The van der Waals surface area contributed by atoms with Gasteiger partial charge in [-0.25, -0.2) is 9.29 Å². The van der Waals surface area contributed by atoms with Crippen LogP contribution in [0.4, 0.5) is 21.5 Å². The van der Waals surface area contributed by atoms with E-state index in [1.165, 1.54) is 45.5 Å². The maximum Gasteiger partial charge on any atom is 0.308 e. The number of carbonyl (C=O) groups excluding carboxylic acids is 3. The molecule has 3 atom stereocenters. The highest BCUT2D eigenvalue weighted by Crippen LogP contribution is 2.54. The molecule has 0 radical (unpaired) electrons. The van der Waals surface area contributed by atoms with Crippen molar-refractivity contribution in [1.29, 1.82) is 0 Å². The second-order valence-corrected chi connectivity index (χ2v) is 12.7. The lowest BCUT2D eigenvalue weighted by Crippen LogP contribution is -2.33. The van der Waals surface area contributed by atoms with Crippen molar-refractivity contribution in [2.45, 2.75) is 29.7 Å². The molecule has 1 saturated heterocycles. The van der Waals surface area contributed by atoms with Crippen molar-refractivity contribution in [1.82, 2.24) is 4.57 Å². The summed E-state index contributed by atoms with van der Waals surface area (Å²) in [7, 11) is 3.86. The average Bonchev–Trinajstić information content (AvgIpc) is 3.41. The summed E-state index contributed by atoms with van der Waals surface area (Å²) in [5, 5.41) is 2.43. The normalized spacial score (nSPS) is 19.4. The third-order valence-corrected chi connectivity index (χ3v) is 10.1. The minimum atomic E-state index is -0.773. The van der Waals surface area contributed by atoms with E-state index in [0.717, 1.165) is 28.2 Å². The first-order chi connectivity index (χ1) is 20.1. The number of fused-ring (bicyclic) bond motifs is 2. The summed E-state index contributed by atoms with van der Waals surface area (Å²) >= 11 is 2.16. The largest absolute Gasteiger partial charge is 0.378 e. The minimum Gasteiger partial charge on any atom is -0.378 e. The van der Waals surface area contributed by atoms with Gasteiger partial charge in [0.15, 0.2) is 0 Å². The van der Waals surface area contributed by atoms with Gasteiger partial charge in [0.1, 0.15) is 17.6 Å². The highest BCUT2D eigenvalue weighted by atomic mass is 32.2. The maximum atomic E-state index is 14.0. The number of nitrogens with one attached hydrogen (secondary N) is 1. The highest BCUT2D eigenvalue weighted by molar-refractivity contribution is 8.00. The molecule has 0 bridgehead atoms. The number of benzene rings is 3. The fourth-order valence-electron chi connectivity index (χ4n) is 5.42. The van der Waals surface area contributed by atoms with Crippen molar-refractivity contribution in [3.63, 3.8) is 0 Å². The predicted octanol–water partition coefficient (Wildman–Crippen LogP) is 4.86. The smallest absolute Gasteiger partial charge is 0.308 e. The van der Waals surface area contributed by atoms with Crippen LogP contribution in [0.25, 0.3) is 0 Å². The molecule has 2 aliphatic heterocycles. The van der Waals surface area contributed by atoms with Gasteiger partial charge in [-0.1, -0.05) is 52.9 Å². The van der Waals surface area contributed by atoms with E-state index in [9.17, 15) is 23.6 Å². The first-order valence-electron chi connectivity index (χ1n) is 13.3. The Bertz CT molecular complexity index is 1750. The maximum absolute atomic E-state index is 14.0. The summed E-state index contributed by atoms with van der Waals surface area (Å²) in [6, 6.07) is 20.3. The van der Waals surface area contributed by atoms with Crippen molar-refractivity contribution in [2.75, 3.05) is 29.2 Å². The zero-order chi connectivity index (χ0) is 29.7. The zero-order valence-corrected chi connectivity index (χ0v) is 24.7. The quantitative estimate of drug-likeness (QED) is 0.317. The van der Waals surface area contributed by atoms with E-state index in [0.29, 0.717) is 21.3 Å². The van der Waals surface area contributed by atoms with Gasteiger partial charge in [0.2, 0.25) is 17.7 Å². The molecule has 3 aromatic carbocycles. The molecule has 1 aromatic heterocycles. The van der Waals surface area contributed by atoms with Crippen molar-refractivity contribution >= 4 is 57.9 Å². The van der Waals surface area contributed by atoms with E-state index < -0.39 is 28.8 Å². The van der Waals surface area contributed by atoms with Crippen LogP contribution in [0, 0.1) is 18.7 Å². The van der Waals surface area contributed by atoms with Gasteiger partial charge in [-0.2, -0.15) is 0 Å². The lowest BCUT2D eigenvalue weighted by Gasteiger charge is -2.31. The molecular formula is C31H27FN4O4S2. The highest BCUT2D eigenvalue weighted by Gasteiger charge is 2.56. The van der Waals surface area contributed by atoms with Crippen LogP contribution >= 0.6 is 23.1 Å². The Balaban J connectivity index is 1.41. The molecule has 6 rings (SSSR count). The summed E-state index contributed by atoms with van der Waals surface area (Å²) in [5.41, 5.74) is 3.70. The van der Waals surface area contributed by atoms with Crippen molar-refractivity contribution in [2.24, 2.45) is 5.92 Å². The number of carbonyl (C=O) groups is 3. The number of rotatable bonds is 6. The van der Waals surface area contributed by atoms with E-state index in [1.807, 2.05) is 62.3 Å². The monoisotopic (exact) mass is 602 g/mol. The number of aryl methyl sites for hydroxylation is 1. The Morgan fingerprint density at radius 3 is 2.24 bits per heavy atom. The van der Waals surface area contributed by atoms with Gasteiger partial charge in [-0.05, 0) is 61.0 Å². The molecule has 3 amide bonds. The van der Waals surface area contributed by atoms with Gasteiger partial charge in [0.05, 0.1) is 16.6 Å². The molecule has 2 unspecified atom stereocenters. The molecule has 4 aromatic rings. The van der Waals surface area contributed by atoms with Crippen LogP contribution in [0.2, 0.25) is 0 Å². The molecule has 0 aliphatic carbocycles. The molecule has 214 valence electrons.